The molecule has 0 bridgehead atoms. The second-order valence-corrected chi connectivity index (χ2v) is 9.12. The predicted molar refractivity (Wildman–Crippen MR) is 92.0 cm³/mol. The SMILES string of the molecule is CC(CCCCCCCC(=O)NCCC[N+](C)(C)C)S(=O)(=O)[O-].[Na+]. The third-order valence-electron chi connectivity index (χ3n) is 3.84. The first-order chi connectivity index (χ1) is 10.5. The number of nitrogens with zero attached hydrogens (tertiary/aromatic N) is 1. The van der Waals surface area contributed by atoms with Gasteiger partial charge in [-0.25, -0.2) is 8.42 Å². The first-order valence-electron chi connectivity index (χ1n) is 8.54. The van der Waals surface area contributed by atoms with Crippen LogP contribution >= 0.6 is 0 Å². The van der Waals surface area contributed by atoms with Crippen molar-refractivity contribution in [1.29, 1.82) is 0 Å². The Morgan fingerprint density at radius 1 is 1.04 bits per heavy atom. The van der Waals surface area contributed by atoms with Crippen molar-refractivity contribution in [2.45, 2.75) is 63.5 Å². The molecule has 0 saturated heterocycles. The van der Waals surface area contributed by atoms with Crippen LogP contribution in [0.15, 0.2) is 0 Å². The molecule has 0 aromatic rings. The number of quaternary nitrogens is 1. The van der Waals surface area contributed by atoms with Gasteiger partial charge in [-0.05, 0) is 19.8 Å². The van der Waals surface area contributed by atoms with Crippen LogP contribution in [0.3, 0.4) is 0 Å². The van der Waals surface area contributed by atoms with E-state index < -0.39 is 15.4 Å². The van der Waals surface area contributed by atoms with E-state index in [9.17, 15) is 17.8 Å². The van der Waals surface area contributed by atoms with Crippen LogP contribution in [0.1, 0.15) is 58.3 Å². The molecule has 24 heavy (non-hydrogen) atoms. The van der Waals surface area contributed by atoms with Gasteiger partial charge in [0.2, 0.25) is 5.91 Å². The molecule has 0 aliphatic heterocycles. The Balaban J connectivity index is 0. The van der Waals surface area contributed by atoms with Gasteiger partial charge in [0.15, 0.2) is 0 Å². The van der Waals surface area contributed by atoms with Gasteiger partial charge in [0.25, 0.3) is 0 Å². The molecule has 6 nitrogen and oxygen atoms in total. The summed E-state index contributed by atoms with van der Waals surface area (Å²) >= 11 is 0. The molecule has 1 amide bonds. The zero-order valence-electron chi connectivity index (χ0n) is 16.1. The molecular formula is C16H34N2NaO4S+. The summed E-state index contributed by atoms with van der Waals surface area (Å²) in [6.45, 7) is 3.24. The summed E-state index contributed by atoms with van der Waals surface area (Å²) in [6.07, 6.45) is 6.41. The fourth-order valence-electron chi connectivity index (χ4n) is 2.26. The number of rotatable bonds is 13. The van der Waals surface area contributed by atoms with Gasteiger partial charge in [0.05, 0.1) is 37.8 Å². The third-order valence-corrected chi connectivity index (χ3v) is 5.06. The van der Waals surface area contributed by atoms with Gasteiger partial charge < -0.3 is 14.4 Å². The van der Waals surface area contributed by atoms with E-state index in [1.165, 1.54) is 6.92 Å². The Hall–Kier alpha value is 0.340. The van der Waals surface area contributed by atoms with Crippen LogP contribution in [-0.4, -0.2) is 62.8 Å². The second kappa shape index (κ2) is 13.5. The summed E-state index contributed by atoms with van der Waals surface area (Å²) < 4.78 is 33.1. The molecular weight excluding hydrogens is 339 g/mol. The molecule has 0 aliphatic carbocycles. The summed E-state index contributed by atoms with van der Waals surface area (Å²) in [6, 6.07) is 0. The summed E-state index contributed by atoms with van der Waals surface area (Å²) in [4.78, 5) is 11.6. The molecule has 0 spiro atoms. The molecule has 0 radical (unpaired) electrons. The number of hydrogen-bond donors (Lipinski definition) is 1. The molecule has 0 aromatic carbocycles. The quantitative estimate of drug-likeness (QED) is 0.192. The number of nitrogens with one attached hydrogen (secondary N) is 1. The zero-order chi connectivity index (χ0) is 17.9. The molecule has 0 saturated carbocycles. The fourth-order valence-corrected chi connectivity index (χ4v) is 2.72. The van der Waals surface area contributed by atoms with E-state index >= 15 is 0 Å². The molecule has 138 valence electrons. The summed E-state index contributed by atoms with van der Waals surface area (Å²) in [7, 11) is 2.27. The first-order valence-corrected chi connectivity index (χ1v) is 10.0. The normalized spacial score (nSPS) is 13.2. The molecule has 0 aromatic heterocycles. The topological polar surface area (TPSA) is 86.3 Å². The number of hydrogen-bond acceptors (Lipinski definition) is 4. The fraction of sp³-hybridized carbons (Fsp3) is 0.938. The smallest absolute Gasteiger partial charge is 0.748 e. The summed E-state index contributed by atoms with van der Waals surface area (Å²) in [5.74, 6) is 0.109. The average Bonchev–Trinajstić information content (AvgIpc) is 2.40. The number of unbranched alkanes of at least 4 members (excludes halogenated alkanes) is 4. The van der Waals surface area contributed by atoms with E-state index in [0.29, 0.717) is 12.8 Å². The minimum Gasteiger partial charge on any atom is -0.748 e. The minimum absolute atomic E-state index is 0. The molecule has 0 aliphatic rings. The van der Waals surface area contributed by atoms with Crippen molar-refractivity contribution in [3.63, 3.8) is 0 Å². The van der Waals surface area contributed by atoms with Crippen LogP contribution in [0.5, 0.6) is 0 Å². The van der Waals surface area contributed by atoms with Gasteiger partial charge in [-0.15, -0.1) is 0 Å². The van der Waals surface area contributed by atoms with E-state index in [1.807, 2.05) is 0 Å². The Bertz CT molecular complexity index is 436. The Labute approximate surface area is 170 Å². The molecule has 1 atom stereocenters. The van der Waals surface area contributed by atoms with Crippen molar-refractivity contribution >= 4 is 16.0 Å². The van der Waals surface area contributed by atoms with E-state index in [2.05, 4.69) is 26.5 Å². The maximum absolute atomic E-state index is 11.6. The first kappa shape index (κ1) is 26.6. The van der Waals surface area contributed by atoms with Gasteiger partial charge >= 0.3 is 29.6 Å². The Morgan fingerprint density at radius 3 is 2.12 bits per heavy atom. The van der Waals surface area contributed by atoms with Gasteiger partial charge in [0, 0.05) is 24.6 Å². The summed E-state index contributed by atoms with van der Waals surface area (Å²) in [5, 5.41) is 2.15. The van der Waals surface area contributed by atoms with Gasteiger partial charge in [0.1, 0.15) is 0 Å². The maximum Gasteiger partial charge on any atom is 1.00 e. The van der Waals surface area contributed by atoms with Crippen molar-refractivity contribution in [1.82, 2.24) is 5.32 Å². The molecule has 1 unspecified atom stereocenters. The largest absolute Gasteiger partial charge is 1.00 e. The van der Waals surface area contributed by atoms with Crippen LogP contribution in [0, 0.1) is 0 Å². The zero-order valence-corrected chi connectivity index (χ0v) is 19.0. The molecule has 0 fully saturated rings. The standard InChI is InChI=1S/C16H34N2O4S.Na/c1-15(23(20,21)22)11-8-6-5-7-9-12-16(19)17-13-10-14-18(2,3)4;/h15H,5-14H2,1-4H3,(H-,17,19,20,21,22);/q;+1. The second-order valence-electron chi connectivity index (χ2n) is 7.33. The van der Waals surface area contributed by atoms with Crippen molar-refractivity contribution in [3.8, 4) is 0 Å². The number of amides is 1. The maximum atomic E-state index is 11.6. The van der Waals surface area contributed by atoms with E-state index in [4.69, 9.17) is 0 Å². The Kier molecular flexibility index (Phi) is 15.0. The predicted octanol–water partition coefficient (Wildman–Crippen LogP) is -1.13. The average molecular weight is 374 g/mol. The van der Waals surface area contributed by atoms with Crippen LogP contribution in [0.25, 0.3) is 0 Å². The van der Waals surface area contributed by atoms with E-state index in [0.717, 1.165) is 56.1 Å². The van der Waals surface area contributed by atoms with Crippen LogP contribution < -0.4 is 34.9 Å². The van der Waals surface area contributed by atoms with Crippen LogP contribution in [-0.2, 0) is 14.9 Å². The molecule has 0 heterocycles. The van der Waals surface area contributed by atoms with Crippen molar-refractivity contribution in [3.05, 3.63) is 0 Å². The number of carbonyl (C=O) groups is 1. The van der Waals surface area contributed by atoms with Crippen LogP contribution in [0.2, 0.25) is 0 Å². The summed E-state index contributed by atoms with van der Waals surface area (Å²) in [5.41, 5.74) is 0. The number of carbonyl (C=O) groups excluding carboxylic acids is 1. The van der Waals surface area contributed by atoms with Crippen molar-refractivity contribution in [2.24, 2.45) is 0 Å². The van der Waals surface area contributed by atoms with E-state index in [1.54, 1.807) is 0 Å². The van der Waals surface area contributed by atoms with Gasteiger partial charge in [-0.3, -0.25) is 4.79 Å². The van der Waals surface area contributed by atoms with Crippen LogP contribution in [0.4, 0.5) is 0 Å². The van der Waals surface area contributed by atoms with Gasteiger partial charge in [-0.1, -0.05) is 25.7 Å². The molecule has 8 heteroatoms. The molecule has 1 N–H and O–H groups in total. The minimum atomic E-state index is -4.14. The third kappa shape index (κ3) is 17.2. The molecule has 0 rings (SSSR count). The van der Waals surface area contributed by atoms with Crippen molar-refractivity contribution in [2.75, 3.05) is 34.2 Å². The van der Waals surface area contributed by atoms with Crippen molar-refractivity contribution < 1.29 is 51.8 Å². The Morgan fingerprint density at radius 2 is 1.58 bits per heavy atom. The van der Waals surface area contributed by atoms with Gasteiger partial charge in [-0.2, -0.15) is 0 Å². The monoisotopic (exact) mass is 373 g/mol. The van der Waals surface area contributed by atoms with E-state index in [-0.39, 0.29) is 35.5 Å².